The van der Waals surface area contributed by atoms with E-state index in [1.807, 2.05) is 6.07 Å². The molecule has 1 rings (SSSR count). The maximum Gasteiger partial charge on any atom is 0.320 e. The number of benzene rings is 1. The number of rotatable bonds is 3. The Morgan fingerprint density at radius 3 is 2.44 bits per heavy atom. The number of esters is 2. The van der Waals surface area contributed by atoms with Gasteiger partial charge in [-0.1, -0.05) is 18.2 Å². The highest BCUT2D eigenvalue weighted by Crippen LogP contribution is 2.26. The van der Waals surface area contributed by atoms with Crippen LogP contribution in [0.15, 0.2) is 24.3 Å². The van der Waals surface area contributed by atoms with E-state index in [0.29, 0.717) is 11.3 Å². The highest BCUT2D eigenvalue weighted by Gasteiger charge is 2.21. The van der Waals surface area contributed by atoms with E-state index in [1.54, 1.807) is 25.1 Å². The van der Waals surface area contributed by atoms with E-state index in [1.165, 1.54) is 14.0 Å². The first-order chi connectivity index (χ1) is 7.56. The van der Waals surface area contributed by atoms with Gasteiger partial charge in [0, 0.05) is 12.5 Å². The lowest BCUT2D eigenvalue weighted by Gasteiger charge is -2.13. The molecule has 0 amide bonds. The largest absolute Gasteiger partial charge is 0.496 e. The summed E-state index contributed by atoms with van der Waals surface area (Å²) >= 11 is 0. The number of para-hydroxylation sites is 1. The summed E-state index contributed by atoms with van der Waals surface area (Å²) in [6, 6.07) is 7.14. The van der Waals surface area contributed by atoms with Crippen molar-refractivity contribution in [3.63, 3.8) is 0 Å². The fraction of sp³-hybridized carbons (Fsp3) is 0.333. The lowest BCUT2D eigenvalue weighted by atomic mass is 10.0. The summed E-state index contributed by atoms with van der Waals surface area (Å²) in [6.45, 7) is 2.87. The third-order valence-electron chi connectivity index (χ3n) is 2.20. The van der Waals surface area contributed by atoms with Gasteiger partial charge in [-0.05, 0) is 13.0 Å². The first-order valence-electron chi connectivity index (χ1n) is 4.91. The minimum atomic E-state index is -0.605. The second-order valence-corrected chi connectivity index (χ2v) is 3.38. The molecule has 1 aromatic rings. The van der Waals surface area contributed by atoms with E-state index in [4.69, 9.17) is 4.74 Å². The second kappa shape index (κ2) is 5.30. The van der Waals surface area contributed by atoms with Crippen LogP contribution in [0, 0.1) is 0 Å². The van der Waals surface area contributed by atoms with Crippen LogP contribution < -0.4 is 4.74 Å². The third-order valence-corrected chi connectivity index (χ3v) is 2.20. The molecule has 0 spiro atoms. The Hall–Kier alpha value is -1.84. The quantitative estimate of drug-likeness (QED) is 0.579. The maximum absolute atomic E-state index is 11.5. The lowest BCUT2D eigenvalue weighted by molar-refractivity contribution is -0.158. The minimum absolute atomic E-state index is 0.528. The molecule has 0 aromatic heterocycles. The van der Waals surface area contributed by atoms with Gasteiger partial charge < -0.3 is 9.47 Å². The average molecular weight is 222 g/mol. The number of carbonyl (C=O) groups is 2. The van der Waals surface area contributed by atoms with Crippen molar-refractivity contribution >= 4 is 11.9 Å². The zero-order valence-electron chi connectivity index (χ0n) is 9.52. The average Bonchev–Trinajstić information content (AvgIpc) is 2.27. The zero-order valence-corrected chi connectivity index (χ0v) is 9.52. The van der Waals surface area contributed by atoms with E-state index in [-0.39, 0.29) is 0 Å². The summed E-state index contributed by atoms with van der Waals surface area (Å²) in [6.07, 6.45) is 0. The summed E-state index contributed by atoms with van der Waals surface area (Å²) in [5.41, 5.74) is 0.705. The zero-order chi connectivity index (χ0) is 12.1. The van der Waals surface area contributed by atoms with Crippen LogP contribution in [0.4, 0.5) is 0 Å². The first-order valence-corrected chi connectivity index (χ1v) is 4.91. The van der Waals surface area contributed by atoms with Crippen molar-refractivity contribution in [1.29, 1.82) is 0 Å². The summed E-state index contributed by atoms with van der Waals surface area (Å²) in [7, 11) is 1.53. The maximum atomic E-state index is 11.5. The molecule has 1 aromatic carbocycles. The Morgan fingerprint density at radius 2 is 1.88 bits per heavy atom. The molecule has 0 heterocycles. The summed E-state index contributed by atoms with van der Waals surface area (Å²) in [5.74, 6) is -1.10. The van der Waals surface area contributed by atoms with Crippen LogP contribution in [0.3, 0.4) is 0 Å². The van der Waals surface area contributed by atoms with Gasteiger partial charge in [-0.15, -0.1) is 0 Å². The number of hydrogen-bond donors (Lipinski definition) is 0. The van der Waals surface area contributed by atoms with Crippen molar-refractivity contribution in [2.24, 2.45) is 0 Å². The summed E-state index contributed by atoms with van der Waals surface area (Å²) in [4.78, 5) is 22.2. The van der Waals surface area contributed by atoms with Crippen molar-refractivity contribution in [3.05, 3.63) is 29.8 Å². The Labute approximate surface area is 94.2 Å². The monoisotopic (exact) mass is 222 g/mol. The standard InChI is InChI=1S/C12H14O4/c1-8(12(14)16-9(2)13)10-6-4-5-7-11(10)15-3/h4-8H,1-3H3. The van der Waals surface area contributed by atoms with Crippen LogP contribution in [0.1, 0.15) is 25.3 Å². The topological polar surface area (TPSA) is 52.6 Å². The van der Waals surface area contributed by atoms with E-state index >= 15 is 0 Å². The molecular formula is C12H14O4. The SMILES string of the molecule is COc1ccccc1C(C)C(=O)OC(C)=O. The molecule has 0 aliphatic rings. The van der Waals surface area contributed by atoms with Crippen LogP contribution >= 0.6 is 0 Å². The molecule has 0 saturated carbocycles. The Morgan fingerprint density at radius 1 is 1.25 bits per heavy atom. The molecular weight excluding hydrogens is 208 g/mol. The molecule has 0 aliphatic carbocycles. The van der Waals surface area contributed by atoms with Gasteiger partial charge in [0.25, 0.3) is 0 Å². The Bertz CT molecular complexity index is 398. The summed E-state index contributed by atoms with van der Waals surface area (Å²) in [5, 5.41) is 0. The Kier molecular flexibility index (Phi) is 4.05. The van der Waals surface area contributed by atoms with Gasteiger partial charge in [0.05, 0.1) is 13.0 Å². The first kappa shape index (κ1) is 12.2. The fourth-order valence-electron chi connectivity index (χ4n) is 1.38. The predicted octanol–water partition coefficient (Wildman–Crippen LogP) is 1.89. The second-order valence-electron chi connectivity index (χ2n) is 3.38. The van der Waals surface area contributed by atoms with E-state index in [0.717, 1.165) is 0 Å². The molecule has 0 fully saturated rings. The number of hydrogen-bond acceptors (Lipinski definition) is 4. The van der Waals surface area contributed by atoms with Gasteiger partial charge in [0.15, 0.2) is 0 Å². The third kappa shape index (κ3) is 2.82. The van der Waals surface area contributed by atoms with Gasteiger partial charge in [0.2, 0.25) is 0 Å². The molecule has 0 bridgehead atoms. The van der Waals surface area contributed by atoms with Crippen LogP contribution in [0.5, 0.6) is 5.75 Å². The molecule has 0 saturated heterocycles. The lowest BCUT2D eigenvalue weighted by Crippen LogP contribution is -2.16. The van der Waals surface area contributed by atoms with Crippen LogP contribution in [0.25, 0.3) is 0 Å². The van der Waals surface area contributed by atoms with Crippen molar-refractivity contribution in [2.75, 3.05) is 7.11 Å². The van der Waals surface area contributed by atoms with Crippen LogP contribution in [-0.4, -0.2) is 19.0 Å². The number of methoxy groups -OCH3 is 1. The van der Waals surface area contributed by atoms with Gasteiger partial charge >= 0.3 is 11.9 Å². The Balaban J connectivity index is 2.91. The molecule has 4 heteroatoms. The molecule has 1 unspecified atom stereocenters. The minimum Gasteiger partial charge on any atom is -0.496 e. The van der Waals surface area contributed by atoms with Crippen LogP contribution in [-0.2, 0) is 14.3 Å². The molecule has 0 radical (unpaired) electrons. The van der Waals surface area contributed by atoms with Gasteiger partial charge in [-0.25, -0.2) is 0 Å². The molecule has 0 N–H and O–H groups in total. The van der Waals surface area contributed by atoms with Gasteiger partial charge in [-0.2, -0.15) is 0 Å². The van der Waals surface area contributed by atoms with Crippen molar-refractivity contribution < 1.29 is 19.1 Å². The molecule has 1 atom stereocenters. The van der Waals surface area contributed by atoms with E-state index < -0.39 is 17.9 Å². The molecule has 0 aliphatic heterocycles. The highest BCUT2D eigenvalue weighted by molar-refractivity contribution is 5.88. The molecule has 4 nitrogen and oxygen atoms in total. The predicted molar refractivity (Wildman–Crippen MR) is 58.2 cm³/mol. The van der Waals surface area contributed by atoms with Crippen molar-refractivity contribution in [2.45, 2.75) is 19.8 Å². The summed E-state index contributed by atoms with van der Waals surface area (Å²) < 4.78 is 9.66. The fourth-order valence-corrected chi connectivity index (χ4v) is 1.38. The van der Waals surface area contributed by atoms with Gasteiger partial charge in [-0.3, -0.25) is 9.59 Å². The van der Waals surface area contributed by atoms with Crippen molar-refractivity contribution in [1.82, 2.24) is 0 Å². The number of ether oxygens (including phenoxy) is 2. The van der Waals surface area contributed by atoms with Crippen molar-refractivity contribution in [3.8, 4) is 5.75 Å². The van der Waals surface area contributed by atoms with Gasteiger partial charge in [0.1, 0.15) is 5.75 Å². The van der Waals surface area contributed by atoms with E-state index in [9.17, 15) is 9.59 Å². The normalized spacial score (nSPS) is 11.7. The highest BCUT2D eigenvalue weighted by atomic mass is 16.6. The van der Waals surface area contributed by atoms with Crippen LogP contribution in [0.2, 0.25) is 0 Å². The number of carbonyl (C=O) groups excluding carboxylic acids is 2. The van der Waals surface area contributed by atoms with E-state index in [2.05, 4.69) is 4.74 Å². The molecule has 16 heavy (non-hydrogen) atoms. The molecule has 86 valence electrons. The smallest absolute Gasteiger partial charge is 0.320 e.